The molecule has 0 unspecified atom stereocenters. The highest BCUT2D eigenvalue weighted by molar-refractivity contribution is 5.98. The van der Waals surface area contributed by atoms with Crippen LogP contribution in [-0.2, 0) is 11.9 Å². The van der Waals surface area contributed by atoms with E-state index in [0.29, 0.717) is 12.3 Å². The number of aryl methyl sites for hydroxylation is 1. The molecule has 0 spiro atoms. The summed E-state index contributed by atoms with van der Waals surface area (Å²) in [5.74, 6) is -0.222. The molecule has 4 heteroatoms. The molecule has 0 radical (unpaired) electrons. The number of hydrogen-bond acceptors (Lipinski definition) is 2. The number of para-hydroxylation sites is 1. The SMILES string of the molecule is CCONC(=O)c1cc2ccccc2n1C. The van der Waals surface area contributed by atoms with Crippen LogP contribution < -0.4 is 5.48 Å². The molecule has 0 fully saturated rings. The highest BCUT2D eigenvalue weighted by Crippen LogP contribution is 2.17. The van der Waals surface area contributed by atoms with E-state index in [1.807, 2.05) is 48.9 Å². The summed E-state index contributed by atoms with van der Waals surface area (Å²) < 4.78 is 1.85. The summed E-state index contributed by atoms with van der Waals surface area (Å²) in [6.45, 7) is 2.28. The monoisotopic (exact) mass is 218 g/mol. The lowest BCUT2D eigenvalue weighted by Crippen LogP contribution is -2.25. The van der Waals surface area contributed by atoms with Crippen LogP contribution in [0.1, 0.15) is 17.4 Å². The number of nitrogens with one attached hydrogen (secondary N) is 1. The van der Waals surface area contributed by atoms with Gasteiger partial charge in [0.05, 0.1) is 6.61 Å². The van der Waals surface area contributed by atoms with Crippen molar-refractivity contribution in [2.45, 2.75) is 6.92 Å². The van der Waals surface area contributed by atoms with Crippen LogP contribution in [0.2, 0.25) is 0 Å². The average molecular weight is 218 g/mol. The Kier molecular flexibility index (Phi) is 2.92. The normalized spacial score (nSPS) is 10.6. The minimum absolute atomic E-state index is 0.222. The van der Waals surface area contributed by atoms with E-state index in [9.17, 15) is 4.79 Å². The van der Waals surface area contributed by atoms with Crippen molar-refractivity contribution in [2.24, 2.45) is 7.05 Å². The third-order valence-corrected chi connectivity index (χ3v) is 2.49. The Balaban J connectivity index is 2.37. The summed E-state index contributed by atoms with van der Waals surface area (Å²) in [6.07, 6.45) is 0. The Morgan fingerprint density at radius 2 is 2.19 bits per heavy atom. The van der Waals surface area contributed by atoms with Gasteiger partial charge < -0.3 is 4.57 Å². The lowest BCUT2D eigenvalue weighted by Gasteiger charge is -2.04. The van der Waals surface area contributed by atoms with Gasteiger partial charge in [0.25, 0.3) is 5.91 Å². The van der Waals surface area contributed by atoms with Crippen LogP contribution in [-0.4, -0.2) is 17.1 Å². The highest BCUT2D eigenvalue weighted by Gasteiger charge is 2.12. The van der Waals surface area contributed by atoms with Crippen molar-refractivity contribution < 1.29 is 9.63 Å². The molecule has 4 nitrogen and oxygen atoms in total. The predicted molar refractivity (Wildman–Crippen MR) is 62.0 cm³/mol. The summed E-state index contributed by atoms with van der Waals surface area (Å²) >= 11 is 0. The zero-order valence-corrected chi connectivity index (χ0v) is 9.36. The molecule has 0 atom stereocenters. The zero-order valence-electron chi connectivity index (χ0n) is 9.36. The molecule has 84 valence electrons. The van der Waals surface area contributed by atoms with Gasteiger partial charge in [0.2, 0.25) is 0 Å². The minimum atomic E-state index is -0.222. The smallest absolute Gasteiger partial charge is 0.291 e. The molecule has 16 heavy (non-hydrogen) atoms. The van der Waals surface area contributed by atoms with E-state index in [1.165, 1.54) is 0 Å². The number of benzene rings is 1. The molecular formula is C12H14N2O2. The van der Waals surface area contributed by atoms with E-state index in [2.05, 4.69) is 5.48 Å². The number of carbonyl (C=O) groups is 1. The fraction of sp³-hybridized carbons (Fsp3) is 0.250. The Hall–Kier alpha value is -1.81. The summed E-state index contributed by atoms with van der Waals surface area (Å²) in [5.41, 5.74) is 4.01. The first-order valence-corrected chi connectivity index (χ1v) is 5.20. The molecule has 2 rings (SSSR count). The molecule has 0 saturated carbocycles. The van der Waals surface area contributed by atoms with Crippen molar-refractivity contribution in [1.82, 2.24) is 10.0 Å². The largest absolute Gasteiger partial charge is 0.340 e. The molecule has 1 N–H and O–H groups in total. The number of hydroxylamine groups is 1. The fourth-order valence-corrected chi connectivity index (χ4v) is 1.70. The van der Waals surface area contributed by atoms with Crippen LogP contribution in [0.15, 0.2) is 30.3 Å². The molecule has 1 aromatic heterocycles. The minimum Gasteiger partial charge on any atom is -0.340 e. The number of nitrogens with zero attached hydrogens (tertiary/aromatic N) is 1. The van der Waals surface area contributed by atoms with Crippen LogP contribution in [0.4, 0.5) is 0 Å². The summed E-state index contributed by atoms with van der Waals surface area (Å²) in [4.78, 5) is 16.6. The van der Waals surface area contributed by atoms with Gasteiger partial charge in [-0.2, -0.15) is 0 Å². The Labute approximate surface area is 93.8 Å². The Morgan fingerprint density at radius 1 is 1.44 bits per heavy atom. The molecule has 1 amide bonds. The van der Waals surface area contributed by atoms with E-state index in [4.69, 9.17) is 4.84 Å². The molecule has 0 bridgehead atoms. The number of hydrogen-bond donors (Lipinski definition) is 1. The van der Waals surface area contributed by atoms with Crippen molar-refractivity contribution in [3.63, 3.8) is 0 Å². The average Bonchev–Trinajstić information content (AvgIpc) is 2.64. The van der Waals surface area contributed by atoms with Crippen LogP contribution >= 0.6 is 0 Å². The molecule has 0 aliphatic carbocycles. The molecule has 0 aliphatic heterocycles. The first-order chi connectivity index (χ1) is 7.74. The topological polar surface area (TPSA) is 43.3 Å². The van der Waals surface area contributed by atoms with Crippen molar-refractivity contribution in [3.05, 3.63) is 36.0 Å². The summed E-state index contributed by atoms with van der Waals surface area (Å²) in [7, 11) is 1.86. The molecule has 1 aromatic carbocycles. The highest BCUT2D eigenvalue weighted by atomic mass is 16.6. The van der Waals surface area contributed by atoms with Crippen LogP contribution in [0, 0.1) is 0 Å². The van der Waals surface area contributed by atoms with Crippen molar-refractivity contribution in [1.29, 1.82) is 0 Å². The molecule has 0 aliphatic rings. The summed E-state index contributed by atoms with van der Waals surface area (Å²) in [6, 6.07) is 9.71. The number of amides is 1. The van der Waals surface area contributed by atoms with Gasteiger partial charge in [0.1, 0.15) is 5.69 Å². The Bertz CT molecular complexity index is 517. The molecular weight excluding hydrogens is 204 g/mol. The van der Waals surface area contributed by atoms with Crippen LogP contribution in [0.25, 0.3) is 10.9 Å². The Morgan fingerprint density at radius 3 is 2.88 bits per heavy atom. The lowest BCUT2D eigenvalue weighted by atomic mass is 10.2. The van der Waals surface area contributed by atoms with Gasteiger partial charge >= 0.3 is 0 Å². The second kappa shape index (κ2) is 4.37. The number of fused-ring (bicyclic) bond motifs is 1. The molecule has 1 heterocycles. The van der Waals surface area contributed by atoms with E-state index < -0.39 is 0 Å². The van der Waals surface area contributed by atoms with Gasteiger partial charge in [0, 0.05) is 18.0 Å². The third-order valence-electron chi connectivity index (χ3n) is 2.49. The predicted octanol–water partition coefficient (Wildman–Crippen LogP) is 1.86. The van der Waals surface area contributed by atoms with Crippen LogP contribution in [0.5, 0.6) is 0 Å². The lowest BCUT2D eigenvalue weighted by molar-refractivity contribution is 0.0357. The third kappa shape index (κ3) is 1.79. The second-order valence-corrected chi connectivity index (χ2v) is 3.51. The quantitative estimate of drug-likeness (QED) is 0.799. The first-order valence-electron chi connectivity index (χ1n) is 5.20. The maximum atomic E-state index is 11.7. The van der Waals surface area contributed by atoms with Crippen molar-refractivity contribution in [2.75, 3.05) is 6.61 Å². The van der Waals surface area contributed by atoms with Crippen molar-refractivity contribution in [3.8, 4) is 0 Å². The number of carbonyl (C=O) groups excluding carboxylic acids is 1. The molecule has 2 aromatic rings. The zero-order chi connectivity index (χ0) is 11.5. The van der Waals surface area contributed by atoms with Gasteiger partial charge in [0.15, 0.2) is 0 Å². The van der Waals surface area contributed by atoms with Gasteiger partial charge in [-0.15, -0.1) is 0 Å². The van der Waals surface area contributed by atoms with Gasteiger partial charge in [-0.3, -0.25) is 9.63 Å². The van der Waals surface area contributed by atoms with Crippen molar-refractivity contribution >= 4 is 16.8 Å². The van der Waals surface area contributed by atoms with Gasteiger partial charge in [-0.1, -0.05) is 18.2 Å². The number of rotatable bonds is 3. The summed E-state index contributed by atoms with van der Waals surface area (Å²) in [5, 5.41) is 1.05. The van der Waals surface area contributed by atoms with Gasteiger partial charge in [-0.25, -0.2) is 5.48 Å². The van der Waals surface area contributed by atoms with Gasteiger partial charge in [-0.05, 0) is 19.1 Å². The standard InChI is InChI=1S/C12H14N2O2/c1-3-16-13-12(15)11-8-9-6-4-5-7-10(9)14(11)2/h4-8H,3H2,1-2H3,(H,13,15). The first kappa shape index (κ1) is 10.7. The fourth-order valence-electron chi connectivity index (χ4n) is 1.70. The maximum Gasteiger partial charge on any atom is 0.291 e. The number of aromatic nitrogens is 1. The molecule has 0 saturated heterocycles. The van der Waals surface area contributed by atoms with E-state index in [1.54, 1.807) is 0 Å². The van der Waals surface area contributed by atoms with E-state index >= 15 is 0 Å². The van der Waals surface area contributed by atoms with E-state index in [0.717, 1.165) is 10.9 Å². The maximum absolute atomic E-state index is 11.7. The van der Waals surface area contributed by atoms with Crippen LogP contribution in [0.3, 0.4) is 0 Å². The van der Waals surface area contributed by atoms with E-state index in [-0.39, 0.29) is 5.91 Å². The second-order valence-electron chi connectivity index (χ2n) is 3.51.